The molecule has 1 rings (SSSR count). The number of nitrogens with one attached hydrogen (secondary N) is 2. The Morgan fingerprint density at radius 1 is 1.20 bits per heavy atom. The number of hydrogen-bond acceptors (Lipinski definition) is 4. The predicted octanol–water partition coefficient (Wildman–Crippen LogP) is -0.0481. The van der Waals surface area contributed by atoms with Crippen molar-refractivity contribution in [3.63, 3.8) is 0 Å². The summed E-state index contributed by atoms with van der Waals surface area (Å²) in [4.78, 5) is 22.4. The number of thiocarbonyl (C=S) groups is 1. The number of hydrogen-bond donors (Lipinski definition) is 3. The normalized spacial score (nSPS) is 9.65. The Labute approximate surface area is 122 Å². The van der Waals surface area contributed by atoms with Crippen molar-refractivity contribution in [2.45, 2.75) is 6.92 Å². The topological polar surface area (TPSA) is 93.5 Å². The predicted molar refractivity (Wildman–Crippen MR) is 79.5 cm³/mol. The molecule has 0 aliphatic heterocycles. The molecule has 7 heteroatoms. The van der Waals surface area contributed by atoms with E-state index in [0.717, 1.165) is 5.56 Å². The molecule has 0 saturated heterocycles. The van der Waals surface area contributed by atoms with E-state index in [9.17, 15) is 9.59 Å². The molecule has 0 fully saturated rings. The highest BCUT2D eigenvalue weighted by molar-refractivity contribution is 7.80. The molecular formula is C13H17N3O3S. The molecule has 1 aromatic rings. The number of ether oxygens (including phenoxy) is 1. The van der Waals surface area contributed by atoms with Crippen LogP contribution in [0.15, 0.2) is 24.3 Å². The maximum atomic E-state index is 11.4. The van der Waals surface area contributed by atoms with Crippen LogP contribution in [0.1, 0.15) is 12.5 Å². The first-order chi connectivity index (χ1) is 9.49. The molecule has 0 aliphatic carbocycles. The molecule has 108 valence electrons. The van der Waals surface area contributed by atoms with Crippen LogP contribution in [0, 0.1) is 0 Å². The van der Waals surface area contributed by atoms with Crippen molar-refractivity contribution >= 4 is 29.0 Å². The minimum Gasteiger partial charge on any atom is -0.484 e. The van der Waals surface area contributed by atoms with Gasteiger partial charge in [-0.3, -0.25) is 9.59 Å². The van der Waals surface area contributed by atoms with E-state index in [-0.39, 0.29) is 18.4 Å². The van der Waals surface area contributed by atoms with E-state index in [1.807, 2.05) is 0 Å². The van der Waals surface area contributed by atoms with Gasteiger partial charge in [0.25, 0.3) is 5.91 Å². The molecule has 0 unspecified atom stereocenters. The first kappa shape index (κ1) is 15.9. The zero-order chi connectivity index (χ0) is 15.0. The number of nitrogens with two attached hydrogens (primary N) is 1. The molecule has 0 heterocycles. The lowest BCUT2D eigenvalue weighted by Gasteiger charge is -2.08. The van der Waals surface area contributed by atoms with Gasteiger partial charge in [0.2, 0.25) is 5.91 Å². The molecule has 20 heavy (non-hydrogen) atoms. The van der Waals surface area contributed by atoms with Crippen molar-refractivity contribution < 1.29 is 14.3 Å². The highest BCUT2D eigenvalue weighted by Crippen LogP contribution is 2.11. The highest BCUT2D eigenvalue weighted by Gasteiger charge is 2.03. The van der Waals surface area contributed by atoms with Crippen LogP contribution in [0.5, 0.6) is 5.75 Å². The molecule has 0 saturated carbocycles. The molecule has 0 aliphatic rings. The first-order valence-corrected chi connectivity index (χ1v) is 6.43. The van der Waals surface area contributed by atoms with Gasteiger partial charge >= 0.3 is 0 Å². The highest BCUT2D eigenvalue weighted by atomic mass is 32.1. The maximum Gasteiger partial charge on any atom is 0.258 e. The van der Waals surface area contributed by atoms with Crippen molar-refractivity contribution in [3.05, 3.63) is 29.8 Å². The maximum absolute atomic E-state index is 11.4. The van der Waals surface area contributed by atoms with E-state index < -0.39 is 0 Å². The van der Waals surface area contributed by atoms with Crippen LogP contribution in [0.25, 0.3) is 0 Å². The average Bonchev–Trinajstić information content (AvgIpc) is 2.41. The minimum absolute atomic E-state index is 0.0908. The van der Waals surface area contributed by atoms with Crippen molar-refractivity contribution in [3.8, 4) is 5.75 Å². The monoisotopic (exact) mass is 295 g/mol. The SMILES string of the molecule is CC(=O)NCCNC(=O)COc1ccc(C(N)=S)cc1. The number of rotatable bonds is 7. The lowest BCUT2D eigenvalue weighted by molar-refractivity contribution is -0.123. The quantitative estimate of drug-likeness (QED) is 0.484. The standard InChI is InChI=1S/C13H17N3O3S/c1-9(17)15-6-7-16-12(18)8-19-11-4-2-10(3-5-11)13(14)20/h2-5H,6-8H2,1H3,(H2,14,20)(H,15,17)(H,16,18). The third-order valence-electron chi connectivity index (χ3n) is 2.33. The second-order valence-corrected chi connectivity index (χ2v) is 4.45. The van der Waals surface area contributed by atoms with E-state index >= 15 is 0 Å². The fourth-order valence-corrected chi connectivity index (χ4v) is 1.49. The number of carbonyl (C=O) groups excluding carboxylic acids is 2. The van der Waals surface area contributed by atoms with Crippen LogP contribution < -0.4 is 21.1 Å². The van der Waals surface area contributed by atoms with Gasteiger partial charge in [-0.2, -0.15) is 0 Å². The summed E-state index contributed by atoms with van der Waals surface area (Å²) < 4.78 is 5.30. The van der Waals surface area contributed by atoms with Gasteiger partial charge < -0.3 is 21.1 Å². The van der Waals surface area contributed by atoms with Gasteiger partial charge in [0.15, 0.2) is 6.61 Å². The number of carbonyl (C=O) groups is 2. The molecule has 0 spiro atoms. The Morgan fingerprint density at radius 2 is 1.80 bits per heavy atom. The molecule has 0 atom stereocenters. The van der Waals surface area contributed by atoms with Crippen LogP contribution in [0.3, 0.4) is 0 Å². The van der Waals surface area contributed by atoms with Crippen molar-refractivity contribution in [2.75, 3.05) is 19.7 Å². The summed E-state index contributed by atoms with van der Waals surface area (Å²) in [6.45, 7) is 2.08. The average molecular weight is 295 g/mol. The minimum atomic E-state index is -0.256. The van der Waals surface area contributed by atoms with E-state index in [1.54, 1.807) is 24.3 Å². The fraction of sp³-hybridized carbons (Fsp3) is 0.308. The Bertz CT molecular complexity index is 488. The van der Waals surface area contributed by atoms with Crippen molar-refractivity contribution in [1.82, 2.24) is 10.6 Å². The molecule has 2 amide bonds. The van der Waals surface area contributed by atoms with Crippen LogP contribution in [0.4, 0.5) is 0 Å². The van der Waals surface area contributed by atoms with E-state index in [4.69, 9.17) is 22.7 Å². The van der Waals surface area contributed by atoms with Crippen molar-refractivity contribution in [1.29, 1.82) is 0 Å². The lowest BCUT2D eigenvalue weighted by atomic mass is 10.2. The summed E-state index contributed by atoms with van der Waals surface area (Å²) in [6, 6.07) is 6.84. The Kier molecular flexibility index (Phi) is 6.45. The van der Waals surface area contributed by atoms with E-state index in [2.05, 4.69) is 10.6 Å². The van der Waals surface area contributed by atoms with Gasteiger partial charge in [0.05, 0.1) is 0 Å². The zero-order valence-electron chi connectivity index (χ0n) is 11.1. The van der Waals surface area contributed by atoms with E-state index in [0.29, 0.717) is 23.8 Å². The molecule has 1 aromatic carbocycles. The van der Waals surface area contributed by atoms with Crippen molar-refractivity contribution in [2.24, 2.45) is 5.73 Å². The van der Waals surface area contributed by atoms with Gasteiger partial charge in [0, 0.05) is 25.6 Å². The summed E-state index contributed by atoms with van der Waals surface area (Å²) in [5.74, 6) is 0.171. The molecular weight excluding hydrogens is 278 g/mol. The Hall–Kier alpha value is -2.15. The largest absolute Gasteiger partial charge is 0.484 e. The fourth-order valence-electron chi connectivity index (χ4n) is 1.36. The molecule has 0 aromatic heterocycles. The molecule has 4 N–H and O–H groups in total. The summed E-state index contributed by atoms with van der Waals surface area (Å²) in [7, 11) is 0. The molecule has 6 nitrogen and oxygen atoms in total. The van der Waals surface area contributed by atoms with Gasteiger partial charge in [-0.1, -0.05) is 12.2 Å². The second kappa shape index (κ2) is 8.11. The van der Waals surface area contributed by atoms with Crippen LogP contribution >= 0.6 is 12.2 Å². The summed E-state index contributed by atoms with van der Waals surface area (Å²) in [5.41, 5.74) is 6.21. The first-order valence-electron chi connectivity index (χ1n) is 6.03. The summed E-state index contributed by atoms with van der Waals surface area (Å²) >= 11 is 4.83. The third kappa shape index (κ3) is 6.14. The van der Waals surface area contributed by atoms with Crippen LogP contribution in [0.2, 0.25) is 0 Å². The lowest BCUT2D eigenvalue weighted by Crippen LogP contribution is -2.36. The molecule has 0 radical (unpaired) electrons. The Balaban J connectivity index is 2.26. The van der Waals surface area contributed by atoms with Gasteiger partial charge in [-0.05, 0) is 24.3 Å². The molecule has 0 bridgehead atoms. The van der Waals surface area contributed by atoms with Crippen LogP contribution in [-0.2, 0) is 9.59 Å². The number of benzene rings is 1. The van der Waals surface area contributed by atoms with Gasteiger partial charge in [-0.25, -0.2) is 0 Å². The smallest absolute Gasteiger partial charge is 0.258 e. The number of amides is 2. The van der Waals surface area contributed by atoms with Gasteiger partial charge in [0.1, 0.15) is 10.7 Å². The second-order valence-electron chi connectivity index (χ2n) is 4.01. The van der Waals surface area contributed by atoms with E-state index in [1.165, 1.54) is 6.92 Å². The Morgan fingerprint density at radius 3 is 2.35 bits per heavy atom. The van der Waals surface area contributed by atoms with Crippen LogP contribution in [-0.4, -0.2) is 36.5 Å². The van der Waals surface area contributed by atoms with Gasteiger partial charge in [-0.15, -0.1) is 0 Å². The third-order valence-corrected chi connectivity index (χ3v) is 2.57. The summed E-state index contributed by atoms with van der Waals surface area (Å²) in [6.07, 6.45) is 0. The summed E-state index contributed by atoms with van der Waals surface area (Å²) in [5, 5.41) is 5.19. The zero-order valence-corrected chi connectivity index (χ0v) is 12.0.